The van der Waals surface area contributed by atoms with E-state index in [-0.39, 0.29) is 34.5 Å². The van der Waals surface area contributed by atoms with Gasteiger partial charge in [-0.3, -0.25) is 9.59 Å². The molecule has 3 saturated carbocycles. The lowest BCUT2D eigenvalue weighted by Gasteiger charge is -2.69. The van der Waals surface area contributed by atoms with Gasteiger partial charge in [0.2, 0.25) is 0 Å². The number of hydrogen-bond donors (Lipinski definition) is 2. The molecule has 2 N–H and O–H groups in total. The summed E-state index contributed by atoms with van der Waals surface area (Å²) in [6.07, 6.45) is 5.73. The number of carboxylic acid groups (broad SMARTS) is 1. The van der Waals surface area contributed by atoms with Crippen molar-refractivity contribution in [2.24, 2.45) is 50.2 Å². The smallest absolute Gasteiger partial charge is 0.339 e. The highest BCUT2D eigenvalue weighted by molar-refractivity contribution is 5.97. The molecule has 7 heteroatoms. The molecule has 0 aromatic rings. The second kappa shape index (κ2) is 8.68. The van der Waals surface area contributed by atoms with E-state index in [2.05, 4.69) is 34.6 Å². The minimum absolute atomic E-state index is 0.00359. The van der Waals surface area contributed by atoms with Crippen molar-refractivity contribution in [1.29, 1.82) is 0 Å². The quantitative estimate of drug-likeness (QED) is 0.429. The molecule has 0 bridgehead atoms. The molecule has 0 aromatic heterocycles. The summed E-state index contributed by atoms with van der Waals surface area (Å²) < 4.78 is 11.1. The normalized spacial score (nSPS) is 45.2. The van der Waals surface area contributed by atoms with Gasteiger partial charge < -0.3 is 19.7 Å². The van der Waals surface area contributed by atoms with Gasteiger partial charge in [0.05, 0.1) is 31.2 Å². The number of carboxylic acids is 1. The molecule has 0 heterocycles. The van der Waals surface area contributed by atoms with Gasteiger partial charge in [-0.25, -0.2) is 4.79 Å². The molecule has 7 nitrogen and oxygen atoms in total. The molecule has 0 aliphatic heterocycles. The summed E-state index contributed by atoms with van der Waals surface area (Å²) >= 11 is 0. The van der Waals surface area contributed by atoms with Crippen molar-refractivity contribution in [2.75, 3.05) is 14.2 Å². The van der Waals surface area contributed by atoms with Crippen molar-refractivity contribution in [2.45, 2.75) is 99.5 Å². The average molecular weight is 557 g/mol. The zero-order chi connectivity index (χ0) is 29.8. The Bertz CT molecular complexity index is 1230. The summed E-state index contributed by atoms with van der Waals surface area (Å²) in [5.41, 5.74) is -2.19. The Hall–Kier alpha value is -2.15. The second-order valence-electron chi connectivity index (χ2n) is 15.6. The van der Waals surface area contributed by atoms with Gasteiger partial charge in [0.25, 0.3) is 0 Å². The summed E-state index contributed by atoms with van der Waals surface area (Å²) in [6, 6.07) is 0. The Morgan fingerprint density at radius 1 is 0.950 bits per heavy atom. The van der Waals surface area contributed by atoms with E-state index in [0.717, 1.165) is 31.3 Å². The molecule has 5 aliphatic rings. The molecule has 0 radical (unpaired) electrons. The number of rotatable bonds is 3. The first kappa shape index (κ1) is 29.3. The Morgan fingerprint density at radius 3 is 2.15 bits per heavy atom. The van der Waals surface area contributed by atoms with Crippen molar-refractivity contribution in [3.8, 4) is 0 Å². The van der Waals surface area contributed by atoms with E-state index in [1.54, 1.807) is 6.08 Å². The summed E-state index contributed by atoms with van der Waals surface area (Å²) in [7, 11) is 2.83. The van der Waals surface area contributed by atoms with Crippen molar-refractivity contribution < 1.29 is 34.1 Å². The predicted molar refractivity (Wildman–Crippen MR) is 150 cm³/mol. The highest BCUT2D eigenvalue weighted by atomic mass is 16.5. The SMILES string of the molecule is COC(=O)C1=C(OC)[C@]2(C)C3=CC(=O)[C@@H]4[C@@H]5CC(C)(C)CC[C@]5(C(=O)O)CC[C@@]4(C)[C@]3(C)CC[C@H]2C(C)(C)C1O. The van der Waals surface area contributed by atoms with Crippen LogP contribution < -0.4 is 0 Å². The minimum Gasteiger partial charge on any atom is -0.499 e. The monoisotopic (exact) mass is 556 g/mol. The number of fused-ring (bicyclic) bond motifs is 7. The van der Waals surface area contributed by atoms with Crippen LogP contribution in [-0.4, -0.2) is 48.3 Å². The van der Waals surface area contributed by atoms with Gasteiger partial charge in [-0.05, 0) is 97.0 Å². The number of allylic oxidation sites excluding steroid dienone is 2. The van der Waals surface area contributed by atoms with Gasteiger partial charge in [0, 0.05) is 5.92 Å². The molecular formula is C33H48O7. The maximum absolute atomic E-state index is 14.5. The van der Waals surface area contributed by atoms with Crippen LogP contribution in [0.4, 0.5) is 0 Å². The first-order valence-corrected chi connectivity index (χ1v) is 14.9. The molecule has 222 valence electrons. The molecule has 8 atom stereocenters. The lowest BCUT2D eigenvalue weighted by molar-refractivity contribution is -0.191. The number of ketones is 1. The van der Waals surface area contributed by atoms with Crippen molar-refractivity contribution >= 4 is 17.7 Å². The number of hydrogen-bond acceptors (Lipinski definition) is 6. The number of methoxy groups -OCH3 is 2. The minimum atomic E-state index is -1.07. The summed E-state index contributed by atoms with van der Waals surface area (Å²) in [5, 5.41) is 22.1. The van der Waals surface area contributed by atoms with Crippen LogP contribution in [0.3, 0.4) is 0 Å². The third-order valence-electron chi connectivity index (χ3n) is 13.2. The molecule has 1 unspecified atom stereocenters. The maximum Gasteiger partial charge on any atom is 0.339 e. The molecule has 0 spiro atoms. The number of aliphatic carboxylic acids is 1. The van der Waals surface area contributed by atoms with Gasteiger partial charge in [-0.1, -0.05) is 41.5 Å². The molecular weight excluding hydrogens is 508 g/mol. The van der Waals surface area contributed by atoms with Crippen molar-refractivity contribution in [3.63, 3.8) is 0 Å². The number of esters is 1. The van der Waals surface area contributed by atoms with Crippen LogP contribution in [0, 0.1) is 50.2 Å². The van der Waals surface area contributed by atoms with Gasteiger partial charge in [-0.2, -0.15) is 0 Å². The fourth-order valence-electron chi connectivity index (χ4n) is 10.7. The molecule has 0 amide bonds. The van der Waals surface area contributed by atoms with Crippen LogP contribution in [0.15, 0.2) is 23.0 Å². The number of carbonyl (C=O) groups excluding carboxylic acids is 2. The Kier molecular flexibility index (Phi) is 6.37. The maximum atomic E-state index is 14.5. The fourth-order valence-corrected chi connectivity index (χ4v) is 10.7. The van der Waals surface area contributed by atoms with Crippen LogP contribution >= 0.6 is 0 Å². The van der Waals surface area contributed by atoms with Crippen molar-refractivity contribution in [3.05, 3.63) is 23.0 Å². The standard InChI is InChI=1S/C33H48O7/c1-28(2)12-14-33(27(37)38)15-13-31(6)23(18(33)17-28)19(34)16-21-30(31,5)11-10-20-29(3,4)24(35)22(26(36)40-9)25(39-8)32(20,21)7/h16,18,20,23-24,35H,10-15,17H2,1-9H3,(H,37,38)/t18-,20-,23-,24?,30+,31+,32-,33-/m0/s1. The van der Waals surface area contributed by atoms with E-state index < -0.39 is 45.1 Å². The van der Waals surface area contributed by atoms with Crippen LogP contribution in [0.2, 0.25) is 0 Å². The van der Waals surface area contributed by atoms with E-state index in [0.29, 0.717) is 25.0 Å². The average Bonchev–Trinajstić information content (AvgIpc) is 2.86. The number of aliphatic hydroxyl groups is 1. The lowest BCUT2D eigenvalue weighted by atomic mass is 9.34. The van der Waals surface area contributed by atoms with E-state index >= 15 is 0 Å². The zero-order valence-corrected chi connectivity index (χ0v) is 25.8. The third kappa shape index (κ3) is 3.36. The molecule has 5 aliphatic carbocycles. The molecule has 0 aromatic carbocycles. The topological polar surface area (TPSA) is 110 Å². The summed E-state index contributed by atoms with van der Waals surface area (Å²) in [5.74, 6) is -1.68. The van der Waals surface area contributed by atoms with Crippen molar-refractivity contribution in [1.82, 2.24) is 0 Å². The highest BCUT2D eigenvalue weighted by Crippen LogP contribution is 2.75. The number of aliphatic hydroxyl groups excluding tert-OH is 1. The molecule has 0 saturated heterocycles. The van der Waals surface area contributed by atoms with E-state index in [4.69, 9.17) is 9.47 Å². The van der Waals surface area contributed by atoms with Crippen LogP contribution in [0.5, 0.6) is 0 Å². The van der Waals surface area contributed by atoms with E-state index in [1.165, 1.54) is 14.2 Å². The van der Waals surface area contributed by atoms with E-state index in [1.807, 2.05) is 13.8 Å². The zero-order valence-electron chi connectivity index (χ0n) is 25.8. The van der Waals surface area contributed by atoms with Gasteiger partial charge >= 0.3 is 11.9 Å². The summed E-state index contributed by atoms with van der Waals surface area (Å²) in [6.45, 7) is 14.9. The number of ether oxygens (including phenoxy) is 2. The molecule has 5 rings (SSSR count). The Balaban J connectivity index is 1.75. The van der Waals surface area contributed by atoms with Gasteiger partial charge in [0.15, 0.2) is 5.78 Å². The Morgan fingerprint density at radius 2 is 1.57 bits per heavy atom. The highest BCUT2D eigenvalue weighted by Gasteiger charge is 2.72. The first-order valence-electron chi connectivity index (χ1n) is 14.9. The predicted octanol–water partition coefficient (Wildman–Crippen LogP) is 5.71. The largest absolute Gasteiger partial charge is 0.499 e. The first-order chi connectivity index (χ1) is 18.4. The third-order valence-corrected chi connectivity index (χ3v) is 13.2. The van der Waals surface area contributed by atoms with Gasteiger partial charge in [-0.15, -0.1) is 0 Å². The lowest BCUT2D eigenvalue weighted by Crippen LogP contribution is -2.66. The van der Waals surface area contributed by atoms with E-state index in [9.17, 15) is 24.6 Å². The van der Waals surface area contributed by atoms with Crippen LogP contribution in [0.25, 0.3) is 0 Å². The molecule has 40 heavy (non-hydrogen) atoms. The summed E-state index contributed by atoms with van der Waals surface area (Å²) in [4.78, 5) is 40.5. The number of carbonyl (C=O) groups is 3. The molecule has 3 fully saturated rings. The van der Waals surface area contributed by atoms with Crippen LogP contribution in [0.1, 0.15) is 93.4 Å². The fraction of sp³-hybridized carbons (Fsp3) is 0.788. The Labute approximate surface area is 238 Å². The second-order valence-corrected chi connectivity index (χ2v) is 15.6. The van der Waals surface area contributed by atoms with Gasteiger partial charge in [0.1, 0.15) is 11.3 Å². The van der Waals surface area contributed by atoms with Crippen LogP contribution in [-0.2, 0) is 23.9 Å².